The van der Waals surface area contributed by atoms with Crippen LogP contribution in [0.15, 0.2) is 0 Å². The molecule has 3 heterocycles. The van der Waals surface area contributed by atoms with Gasteiger partial charge in [0.25, 0.3) is 0 Å². The first-order valence-electron chi connectivity index (χ1n) is 9.81. The Balaban J connectivity index is 0.00000225. The summed E-state index contributed by atoms with van der Waals surface area (Å²) in [7, 11) is 1.98. The Morgan fingerprint density at radius 3 is 2.44 bits per heavy atom. The summed E-state index contributed by atoms with van der Waals surface area (Å²) in [6.07, 6.45) is 7.41. The molecule has 0 aromatic rings. The van der Waals surface area contributed by atoms with Crippen LogP contribution in [0, 0.1) is 11.8 Å². The highest BCUT2D eigenvalue weighted by Crippen LogP contribution is 2.30. The number of carbonyl (C=O) groups is 2. The van der Waals surface area contributed by atoms with Gasteiger partial charge in [-0.15, -0.1) is 12.4 Å². The third-order valence-corrected chi connectivity index (χ3v) is 6.46. The summed E-state index contributed by atoms with van der Waals surface area (Å²) in [5, 5.41) is 3.64. The maximum absolute atomic E-state index is 13.0. The molecule has 0 aromatic heterocycles. The molecule has 0 radical (unpaired) electrons. The molecule has 3 fully saturated rings. The van der Waals surface area contributed by atoms with Crippen LogP contribution in [0.4, 0.5) is 0 Å². The van der Waals surface area contributed by atoms with Crippen molar-refractivity contribution in [2.24, 2.45) is 11.8 Å². The Morgan fingerprint density at radius 2 is 1.84 bits per heavy atom. The molecular formula is C19H34ClN3O2. The highest BCUT2D eigenvalue weighted by Gasteiger charge is 2.39. The predicted molar refractivity (Wildman–Crippen MR) is 102 cm³/mol. The summed E-state index contributed by atoms with van der Waals surface area (Å²) in [6.45, 7) is 5.47. The number of amides is 2. The van der Waals surface area contributed by atoms with Crippen molar-refractivity contribution < 1.29 is 9.59 Å². The molecule has 0 aliphatic carbocycles. The van der Waals surface area contributed by atoms with Gasteiger partial charge in [0.05, 0.1) is 5.92 Å². The molecule has 4 unspecified atom stereocenters. The molecule has 3 saturated heterocycles. The van der Waals surface area contributed by atoms with Crippen molar-refractivity contribution in [1.29, 1.82) is 0 Å². The Bertz CT molecular complexity index is 475. The summed E-state index contributed by atoms with van der Waals surface area (Å²) in [5.41, 5.74) is 0. The number of piperidine rings is 2. The standard InChI is InChI=1S/C19H33N3O2.ClH/c1-4-13(2)18(23)22-9-5-6-14(12-22)19(24)21(3)17-10-15-7-8-16(11-17)20-15;/h13-17,20H,4-12H2,1-3H3;1H. The van der Waals surface area contributed by atoms with Crippen LogP contribution in [-0.4, -0.2) is 59.9 Å². The zero-order valence-corrected chi connectivity index (χ0v) is 16.7. The molecule has 0 saturated carbocycles. The SMILES string of the molecule is CCC(C)C(=O)N1CCCC(C(=O)N(C)C2CC3CCC(C2)N3)C1.Cl. The number of nitrogens with one attached hydrogen (secondary N) is 1. The average molecular weight is 372 g/mol. The highest BCUT2D eigenvalue weighted by atomic mass is 35.5. The van der Waals surface area contributed by atoms with Crippen molar-refractivity contribution >= 4 is 24.2 Å². The lowest BCUT2D eigenvalue weighted by Crippen LogP contribution is -2.52. The molecule has 3 rings (SSSR count). The van der Waals surface area contributed by atoms with E-state index in [1.165, 1.54) is 12.8 Å². The lowest BCUT2D eigenvalue weighted by Gasteiger charge is -2.39. The van der Waals surface area contributed by atoms with Crippen LogP contribution in [0.3, 0.4) is 0 Å². The molecule has 5 nitrogen and oxygen atoms in total. The van der Waals surface area contributed by atoms with Gasteiger partial charge in [0, 0.05) is 44.2 Å². The van der Waals surface area contributed by atoms with Crippen molar-refractivity contribution in [2.45, 2.75) is 76.9 Å². The molecule has 2 bridgehead atoms. The van der Waals surface area contributed by atoms with E-state index in [9.17, 15) is 9.59 Å². The second-order valence-electron chi connectivity index (χ2n) is 8.14. The summed E-state index contributed by atoms with van der Waals surface area (Å²) in [4.78, 5) is 29.4. The van der Waals surface area contributed by atoms with Gasteiger partial charge < -0.3 is 15.1 Å². The number of rotatable bonds is 4. The van der Waals surface area contributed by atoms with Crippen molar-refractivity contribution in [1.82, 2.24) is 15.1 Å². The van der Waals surface area contributed by atoms with Crippen molar-refractivity contribution in [3.63, 3.8) is 0 Å². The largest absolute Gasteiger partial charge is 0.342 e. The minimum Gasteiger partial charge on any atom is -0.342 e. The first-order valence-corrected chi connectivity index (χ1v) is 9.81. The van der Waals surface area contributed by atoms with Gasteiger partial charge in [-0.25, -0.2) is 0 Å². The zero-order valence-electron chi connectivity index (χ0n) is 15.9. The van der Waals surface area contributed by atoms with Crippen molar-refractivity contribution in [2.75, 3.05) is 20.1 Å². The Kier molecular flexibility index (Phi) is 7.15. The molecule has 25 heavy (non-hydrogen) atoms. The minimum atomic E-state index is -0.00991. The van der Waals surface area contributed by atoms with Gasteiger partial charge in [-0.05, 0) is 44.9 Å². The van der Waals surface area contributed by atoms with E-state index in [1.54, 1.807) is 0 Å². The molecule has 0 aromatic carbocycles. The number of halogens is 1. The van der Waals surface area contributed by atoms with Crippen LogP contribution in [0.1, 0.15) is 58.8 Å². The monoisotopic (exact) mass is 371 g/mol. The second kappa shape index (κ2) is 8.72. The summed E-state index contributed by atoms with van der Waals surface area (Å²) in [5.74, 6) is 0.529. The summed E-state index contributed by atoms with van der Waals surface area (Å²) >= 11 is 0. The quantitative estimate of drug-likeness (QED) is 0.825. The fourth-order valence-electron chi connectivity index (χ4n) is 4.68. The summed E-state index contributed by atoms with van der Waals surface area (Å²) < 4.78 is 0. The third-order valence-electron chi connectivity index (χ3n) is 6.46. The van der Waals surface area contributed by atoms with Gasteiger partial charge in [0.1, 0.15) is 0 Å². The van der Waals surface area contributed by atoms with E-state index >= 15 is 0 Å². The first-order chi connectivity index (χ1) is 11.5. The van der Waals surface area contributed by atoms with Gasteiger partial charge in [-0.2, -0.15) is 0 Å². The van der Waals surface area contributed by atoms with Crippen molar-refractivity contribution in [3.8, 4) is 0 Å². The molecule has 3 aliphatic heterocycles. The summed E-state index contributed by atoms with van der Waals surface area (Å²) in [6, 6.07) is 1.56. The molecule has 2 amide bonds. The van der Waals surface area contributed by atoms with Gasteiger partial charge in [0.15, 0.2) is 0 Å². The van der Waals surface area contributed by atoms with Gasteiger partial charge in [-0.3, -0.25) is 9.59 Å². The van der Waals surface area contributed by atoms with Crippen molar-refractivity contribution in [3.05, 3.63) is 0 Å². The molecule has 3 aliphatic rings. The van der Waals surface area contributed by atoms with E-state index in [4.69, 9.17) is 0 Å². The van der Waals surface area contributed by atoms with Crippen LogP contribution in [0.25, 0.3) is 0 Å². The average Bonchev–Trinajstić information content (AvgIpc) is 2.96. The minimum absolute atomic E-state index is 0. The van der Waals surface area contributed by atoms with Crippen LogP contribution in [-0.2, 0) is 9.59 Å². The predicted octanol–water partition coefficient (Wildman–Crippen LogP) is 2.43. The third kappa shape index (κ3) is 4.48. The van der Waals surface area contributed by atoms with Crippen LogP contribution in [0.2, 0.25) is 0 Å². The first kappa shape index (κ1) is 20.5. The normalized spacial score (nSPS) is 32.7. The lowest BCUT2D eigenvalue weighted by atomic mass is 9.92. The van der Waals surface area contributed by atoms with E-state index in [0.29, 0.717) is 24.7 Å². The van der Waals surface area contributed by atoms with E-state index < -0.39 is 0 Å². The van der Waals surface area contributed by atoms with Crippen LogP contribution >= 0.6 is 12.4 Å². The second-order valence-corrected chi connectivity index (χ2v) is 8.14. The maximum atomic E-state index is 13.0. The lowest BCUT2D eigenvalue weighted by molar-refractivity contribution is -0.143. The van der Waals surface area contributed by atoms with Crippen LogP contribution in [0.5, 0.6) is 0 Å². The number of hydrogen-bond donors (Lipinski definition) is 1. The number of nitrogens with zero attached hydrogens (tertiary/aromatic N) is 2. The molecule has 144 valence electrons. The molecule has 6 heteroatoms. The van der Waals surface area contributed by atoms with E-state index in [0.717, 1.165) is 38.6 Å². The Labute approximate surface area is 158 Å². The smallest absolute Gasteiger partial charge is 0.227 e. The molecule has 4 atom stereocenters. The van der Waals surface area contributed by atoms with Gasteiger partial charge in [-0.1, -0.05) is 13.8 Å². The topological polar surface area (TPSA) is 52.7 Å². The fraction of sp³-hybridized carbons (Fsp3) is 0.895. The van der Waals surface area contributed by atoms with E-state index in [-0.39, 0.29) is 36.1 Å². The fourth-order valence-corrected chi connectivity index (χ4v) is 4.68. The molecule has 0 spiro atoms. The van der Waals surface area contributed by atoms with E-state index in [2.05, 4.69) is 5.32 Å². The highest BCUT2D eigenvalue weighted by molar-refractivity contribution is 5.85. The number of fused-ring (bicyclic) bond motifs is 2. The van der Waals surface area contributed by atoms with E-state index in [1.807, 2.05) is 30.7 Å². The molecule has 1 N–H and O–H groups in total. The Morgan fingerprint density at radius 1 is 1.20 bits per heavy atom. The maximum Gasteiger partial charge on any atom is 0.227 e. The van der Waals surface area contributed by atoms with Crippen LogP contribution < -0.4 is 5.32 Å². The zero-order chi connectivity index (χ0) is 17.3. The number of hydrogen-bond acceptors (Lipinski definition) is 3. The molecular weight excluding hydrogens is 338 g/mol. The van der Waals surface area contributed by atoms with Gasteiger partial charge in [0.2, 0.25) is 11.8 Å². The number of carbonyl (C=O) groups excluding carboxylic acids is 2. The number of likely N-dealkylation sites (tertiary alicyclic amines) is 1. The Hall–Kier alpha value is -0.810. The van der Waals surface area contributed by atoms with Gasteiger partial charge >= 0.3 is 0 Å².